The number of benzene rings is 1. The zero-order valence-corrected chi connectivity index (χ0v) is 9.08. The maximum Gasteiger partial charge on any atom is 0.416 e. The van der Waals surface area contributed by atoms with E-state index in [1.165, 1.54) is 12.1 Å². The lowest BCUT2D eigenvalue weighted by Crippen LogP contribution is -2.12. The van der Waals surface area contributed by atoms with Crippen LogP contribution in [-0.4, -0.2) is 11.1 Å². The summed E-state index contributed by atoms with van der Waals surface area (Å²) in [6.45, 7) is 1.76. The van der Waals surface area contributed by atoms with E-state index in [1.807, 2.05) is 0 Å². The third-order valence-corrected chi connectivity index (χ3v) is 3.41. The summed E-state index contributed by atoms with van der Waals surface area (Å²) in [7, 11) is 0. The van der Waals surface area contributed by atoms with Gasteiger partial charge in [0.05, 0.1) is 11.5 Å². The summed E-state index contributed by atoms with van der Waals surface area (Å²) in [6.07, 6.45) is -3.87. The lowest BCUT2D eigenvalue weighted by molar-refractivity contribution is -0.139. The van der Waals surface area contributed by atoms with Gasteiger partial charge in [-0.25, -0.2) is 0 Å². The first kappa shape index (κ1) is 12.0. The predicted octanol–water partition coefficient (Wildman–Crippen LogP) is 3.07. The van der Waals surface area contributed by atoms with Gasteiger partial charge in [-0.1, -0.05) is 19.1 Å². The summed E-state index contributed by atoms with van der Waals surface area (Å²) in [5.41, 5.74) is -0.578. The molecule has 0 aromatic heterocycles. The lowest BCUT2D eigenvalue weighted by Gasteiger charge is -2.12. The smallest absolute Gasteiger partial charge is 0.416 e. The van der Waals surface area contributed by atoms with Crippen LogP contribution in [0.2, 0.25) is 0 Å². The normalized spacial score (nSPS) is 27.9. The van der Waals surface area contributed by atoms with Crippen LogP contribution in [-0.2, 0) is 16.4 Å². The van der Waals surface area contributed by atoms with Crippen molar-refractivity contribution in [3.8, 4) is 0 Å². The fourth-order valence-electron chi connectivity index (χ4n) is 2.08. The van der Waals surface area contributed by atoms with E-state index in [9.17, 15) is 18.0 Å². The highest BCUT2D eigenvalue weighted by atomic mass is 19.4. The number of hydrogen-bond donors (Lipinski definition) is 1. The Balaban J connectivity index is 2.23. The summed E-state index contributed by atoms with van der Waals surface area (Å²) >= 11 is 0. The maximum atomic E-state index is 12.3. The Morgan fingerprint density at radius 3 is 2.24 bits per heavy atom. The molecule has 1 fully saturated rings. The van der Waals surface area contributed by atoms with E-state index < -0.39 is 29.0 Å². The van der Waals surface area contributed by atoms with Gasteiger partial charge in [-0.2, -0.15) is 13.2 Å². The molecule has 0 amide bonds. The highest BCUT2D eigenvalue weighted by molar-refractivity contribution is 5.77. The number of aliphatic carboxylic acids is 1. The minimum absolute atomic E-state index is 0.480. The monoisotopic (exact) mass is 244 g/mol. The molecule has 92 valence electrons. The standard InChI is InChI=1S/C12H11F3O2/c1-11(6-9(11)10(16)17)7-2-4-8(5-3-7)12(13,14)15/h2-5,9H,6H2,1H3,(H,16,17)/t9-,11-/m1/s1. The van der Waals surface area contributed by atoms with Crippen LogP contribution in [0.3, 0.4) is 0 Å². The fraction of sp³-hybridized carbons (Fsp3) is 0.417. The Bertz CT molecular complexity index is 450. The average Bonchev–Trinajstić information content (AvgIpc) is 2.92. The SMILES string of the molecule is C[C@]1(c2ccc(C(F)(F)F)cc2)C[C@@H]1C(=O)O. The third-order valence-electron chi connectivity index (χ3n) is 3.41. The number of carbonyl (C=O) groups is 1. The van der Waals surface area contributed by atoms with E-state index in [-0.39, 0.29) is 0 Å². The van der Waals surface area contributed by atoms with Crippen LogP contribution < -0.4 is 0 Å². The summed E-state index contributed by atoms with van der Waals surface area (Å²) in [5.74, 6) is -1.38. The van der Waals surface area contributed by atoms with Crippen molar-refractivity contribution in [2.75, 3.05) is 0 Å². The van der Waals surface area contributed by atoms with Gasteiger partial charge in [0.2, 0.25) is 0 Å². The second-order valence-corrected chi connectivity index (χ2v) is 4.59. The molecule has 2 nitrogen and oxygen atoms in total. The van der Waals surface area contributed by atoms with E-state index >= 15 is 0 Å². The molecule has 2 atom stereocenters. The first-order chi connectivity index (χ1) is 7.75. The van der Waals surface area contributed by atoms with Crippen molar-refractivity contribution in [1.82, 2.24) is 0 Å². The van der Waals surface area contributed by atoms with Gasteiger partial charge < -0.3 is 5.11 Å². The van der Waals surface area contributed by atoms with Crippen molar-refractivity contribution in [2.45, 2.75) is 24.9 Å². The first-order valence-electron chi connectivity index (χ1n) is 5.16. The van der Waals surface area contributed by atoms with Crippen molar-refractivity contribution in [2.24, 2.45) is 5.92 Å². The van der Waals surface area contributed by atoms with Crippen molar-refractivity contribution in [3.05, 3.63) is 35.4 Å². The molecule has 1 N–H and O–H groups in total. The van der Waals surface area contributed by atoms with Crippen molar-refractivity contribution >= 4 is 5.97 Å². The summed E-state index contributed by atoms with van der Waals surface area (Å²) in [5, 5.41) is 8.85. The van der Waals surface area contributed by atoms with Gasteiger partial charge in [-0.3, -0.25) is 4.79 Å². The number of rotatable bonds is 2. The van der Waals surface area contributed by atoms with Crippen LogP contribution in [0, 0.1) is 5.92 Å². The van der Waals surface area contributed by atoms with Crippen LogP contribution in [0.15, 0.2) is 24.3 Å². The molecule has 0 saturated heterocycles. The Morgan fingerprint density at radius 2 is 1.88 bits per heavy atom. The van der Waals surface area contributed by atoms with Crippen LogP contribution in [0.1, 0.15) is 24.5 Å². The van der Waals surface area contributed by atoms with Gasteiger partial charge >= 0.3 is 12.1 Å². The largest absolute Gasteiger partial charge is 0.481 e. The van der Waals surface area contributed by atoms with Gasteiger partial charge in [0.1, 0.15) is 0 Å². The van der Waals surface area contributed by atoms with E-state index in [1.54, 1.807) is 6.92 Å². The second kappa shape index (κ2) is 3.48. The number of carboxylic acid groups (broad SMARTS) is 1. The molecule has 1 saturated carbocycles. The van der Waals surface area contributed by atoms with Gasteiger partial charge in [-0.05, 0) is 24.1 Å². The molecule has 0 aliphatic heterocycles. The average molecular weight is 244 g/mol. The Kier molecular flexibility index (Phi) is 2.45. The lowest BCUT2D eigenvalue weighted by atomic mass is 9.94. The molecule has 1 aliphatic carbocycles. The van der Waals surface area contributed by atoms with Crippen LogP contribution in [0.5, 0.6) is 0 Å². The predicted molar refractivity (Wildman–Crippen MR) is 54.5 cm³/mol. The van der Waals surface area contributed by atoms with Gasteiger partial charge in [-0.15, -0.1) is 0 Å². The molecule has 1 aromatic rings. The molecular weight excluding hydrogens is 233 g/mol. The number of carboxylic acids is 1. The quantitative estimate of drug-likeness (QED) is 0.868. The summed E-state index contributed by atoms with van der Waals surface area (Å²) in [6, 6.07) is 4.73. The van der Waals surface area contributed by atoms with Crippen LogP contribution in [0.4, 0.5) is 13.2 Å². The minimum atomic E-state index is -4.35. The van der Waals surface area contributed by atoms with E-state index in [2.05, 4.69) is 0 Å². The highest BCUT2D eigenvalue weighted by Crippen LogP contribution is 2.54. The summed E-state index contributed by atoms with van der Waals surface area (Å²) < 4.78 is 37.0. The Morgan fingerprint density at radius 1 is 1.35 bits per heavy atom. The van der Waals surface area contributed by atoms with E-state index in [4.69, 9.17) is 5.11 Å². The topological polar surface area (TPSA) is 37.3 Å². The summed E-state index contributed by atoms with van der Waals surface area (Å²) in [4.78, 5) is 10.8. The minimum Gasteiger partial charge on any atom is -0.481 e. The molecule has 0 unspecified atom stereocenters. The van der Waals surface area contributed by atoms with Crippen LogP contribution >= 0.6 is 0 Å². The molecule has 0 radical (unpaired) electrons. The van der Waals surface area contributed by atoms with Gasteiger partial charge in [0.15, 0.2) is 0 Å². The molecule has 0 spiro atoms. The number of alkyl halides is 3. The molecule has 1 aliphatic rings. The van der Waals surface area contributed by atoms with Gasteiger partial charge in [0.25, 0.3) is 0 Å². The molecular formula is C12H11F3O2. The molecule has 0 heterocycles. The highest BCUT2D eigenvalue weighted by Gasteiger charge is 2.55. The number of hydrogen-bond acceptors (Lipinski definition) is 1. The fourth-order valence-corrected chi connectivity index (χ4v) is 2.08. The molecule has 5 heteroatoms. The first-order valence-corrected chi connectivity index (χ1v) is 5.16. The second-order valence-electron chi connectivity index (χ2n) is 4.59. The zero-order chi connectivity index (χ0) is 12.8. The molecule has 2 rings (SSSR count). The Hall–Kier alpha value is -1.52. The van der Waals surface area contributed by atoms with Crippen molar-refractivity contribution in [3.63, 3.8) is 0 Å². The maximum absolute atomic E-state index is 12.3. The third kappa shape index (κ3) is 2.01. The van der Waals surface area contributed by atoms with Crippen molar-refractivity contribution < 1.29 is 23.1 Å². The molecule has 17 heavy (non-hydrogen) atoms. The van der Waals surface area contributed by atoms with E-state index in [0.29, 0.717) is 12.0 Å². The molecule has 1 aromatic carbocycles. The number of halogens is 3. The molecule has 0 bridgehead atoms. The Labute approximate surface area is 96.1 Å². The van der Waals surface area contributed by atoms with Gasteiger partial charge in [0, 0.05) is 5.41 Å². The van der Waals surface area contributed by atoms with E-state index in [0.717, 1.165) is 12.1 Å². The zero-order valence-electron chi connectivity index (χ0n) is 9.08. The van der Waals surface area contributed by atoms with Crippen molar-refractivity contribution in [1.29, 1.82) is 0 Å². The van der Waals surface area contributed by atoms with Crippen LogP contribution in [0.25, 0.3) is 0 Å².